The van der Waals surface area contributed by atoms with E-state index in [9.17, 15) is 14.3 Å². The van der Waals surface area contributed by atoms with Crippen LogP contribution in [0.15, 0.2) is 46.9 Å². The van der Waals surface area contributed by atoms with Gasteiger partial charge in [-0.3, -0.25) is 0 Å². The van der Waals surface area contributed by atoms with Gasteiger partial charge in [-0.2, -0.15) is 0 Å². The lowest BCUT2D eigenvalue weighted by molar-refractivity contribution is -0.138. The largest absolute Gasteiger partial charge is 0.479 e. The highest BCUT2D eigenvalue weighted by molar-refractivity contribution is 9.10. The van der Waals surface area contributed by atoms with E-state index >= 15 is 0 Å². The molecule has 1 unspecified atom stereocenters. The van der Waals surface area contributed by atoms with Crippen molar-refractivity contribution in [1.29, 1.82) is 0 Å². The summed E-state index contributed by atoms with van der Waals surface area (Å²) in [5, 5.41) is 12.3. The molecule has 2 rings (SSSR count). The molecule has 2 N–H and O–H groups in total. The molecule has 104 valence electrons. The summed E-state index contributed by atoms with van der Waals surface area (Å²) in [6.45, 7) is 1.69. The van der Waals surface area contributed by atoms with Gasteiger partial charge in [-0.1, -0.05) is 28.1 Å². The number of carboxylic acid groups (broad SMARTS) is 1. The maximum absolute atomic E-state index is 13.1. The normalized spacial score (nSPS) is 11.9. The van der Waals surface area contributed by atoms with Crippen molar-refractivity contribution in [3.63, 3.8) is 0 Å². The summed E-state index contributed by atoms with van der Waals surface area (Å²) in [5.41, 5.74) is 1.81. The lowest BCUT2D eigenvalue weighted by Gasteiger charge is -2.18. The van der Waals surface area contributed by atoms with Crippen molar-refractivity contribution in [3.05, 3.63) is 63.9 Å². The van der Waals surface area contributed by atoms with Crippen LogP contribution in [0.4, 0.5) is 10.1 Å². The minimum absolute atomic E-state index is 0.377. The van der Waals surface area contributed by atoms with Gasteiger partial charge in [0.1, 0.15) is 5.82 Å². The monoisotopic (exact) mass is 337 g/mol. The first-order valence-corrected chi connectivity index (χ1v) is 6.77. The van der Waals surface area contributed by atoms with E-state index in [1.165, 1.54) is 18.2 Å². The summed E-state index contributed by atoms with van der Waals surface area (Å²) < 4.78 is 14.0. The van der Waals surface area contributed by atoms with Crippen molar-refractivity contribution in [3.8, 4) is 0 Å². The Morgan fingerprint density at radius 3 is 2.65 bits per heavy atom. The molecule has 0 saturated heterocycles. The molecule has 0 bridgehead atoms. The molecule has 0 amide bonds. The second-order valence-corrected chi connectivity index (χ2v) is 5.34. The zero-order valence-electron chi connectivity index (χ0n) is 10.7. The summed E-state index contributed by atoms with van der Waals surface area (Å²) in [4.78, 5) is 11.5. The van der Waals surface area contributed by atoms with Gasteiger partial charge in [0.25, 0.3) is 0 Å². The van der Waals surface area contributed by atoms with Crippen molar-refractivity contribution < 1.29 is 14.3 Å². The molecule has 0 aromatic heterocycles. The van der Waals surface area contributed by atoms with Crippen LogP contribution in [-0.2, 0) is 4.79 Å². The van der Waals surface area contributed by atoms with Gasteiger partial charge in [-0.15, -0.1) is 0 Å². The first kappa shape index (κ1) is 14.5. The molecule has 20 heavy (non-hydrogen) atoms. The van der Waals surface area contributed by atoms with Crippen molar-refractivity contribution in [2.45, 2.75) is 13.0 Å². The third kappa shape index (κ3) is 3.36. The van der Waals surface area contributed by atoms with E-state index in [0.29, 0.717) is 16.8 Å². The van der Waals surface area contributed by atoms with E-state index in [-0.39, 0.29) is 5.82 Å². The first-order chi connectivity index (χ1) is 9.47. The third-order valence-corrected chi connectivity index (χ3v) is 3.42. The van der Waals surface area contributed by atoms with Crippen LogP contribution < -0.4 is 5.32 Å². The number of rotatable bonds is 4. The molecule has 0 aliphatic carbocycles. The average Bonchev–Trinajstić information content (AvgIpc) is 2.36. The molecular weight excluding hydrogens is 325 g/mol. The highest BCUT2D eigenvalue weighted by atomic mass is 79.9. The highest BCUT2D eigenvalue weighted by Gasteiger charge is 2.21. The van der Waals surface area contributed by atoms with Crippen LogP contribution in [0.2, 0.25) is 0 Å². The van der Waals surface area contributed by atoms with E-state index in [0.717, 1.165) is 4.47 Å². The van der Waals surface area contributed by atoms with Crippen LogP contribution in [-0.4, -0.2) is 11.1 Å². The zero-order valence-corrected chi connectivity index (χ0v) is 12.3. The lowest BCUT2D eigenvalue weighted by atomic mass is 10.0. The molecule has 3 nitrogen and oxygen atoms in total. The number of carboxylic acids is 1. The maximum atomic E-state index is 13.1. The second-order valence-electron chi connectivity index (χ2n) is 4.43. The van der Waals surface area contributed by atoms with Crippen LogP contribution in [0.5, 0.6) is 0 Å². The summed E-state index contributed by atoms with van der Waals surface area (Å²) in [7, 11) is 0. The molecule has 2 aromatic rings. The Balaban J connectivity index is 2.34. The fourth-order valence-electron chi connectivity index (χ4n) is 1.98. The Hall–Kier alpha value is -1.88. The molecule has 0 spiro atoms. The topological polar surface area (TPSA) is 49.3 Å². The van der Waals surface area contributed by atoms with Crippen molar-refractivity contribution in [2.75, 3.05) is 5.32 Å². The predicted octanol–water partition coefficient (Wildman–Crippen LogP) is 4.13. The Morgan fingerprint density at radius 2 is 2.05 bits per heavy atom. The van der Waals surface area contributed by atoms with Crippen LogP contribution >= 0.6 is 15.9 Å². The van der Waals surface area contributed by atoms with Gasteiger partial charge in [0, 0.05) is 10.2 Å². The molecular formula is C15H13BrFNO2. The number of anilines is 1. The summed E-state index contributed by atoms with van der Waals surface area (Å²) in [6, 6.07) is 10.4. The molecule has 1 atom stereocenters. The quantitative estimate of drug-likeness (QED) is 0.881. The average molecular weight is 338 g/mol. The molecule has 0 aliphatic rings. The van der Waals surface area contributed by atoms with E-state index in [1.807, 2.05) is 12.1 Å². The molecule has 2 aromatic carbocycles. The highest BCUT2D eigenvalue weighted by Crippen LogP contribution is 2.25. The Kier molecular flexibility index (Phi) is 4.39. The molecule has 0 aliphatic heterocycles. The fraction of sp³-hybridized carbons (Fsp3) is 0.133. The molecule has 0 fully saturated rings. The van der Waals surface area contributed by atoms with Crippen molar-refractivity contribution in [1.82, 2.24) is 0 Å². The fourth-order valence-corrected chi connectivity index (χ4v) is 2.38. The maximum Gasteiger partial charge on any atom is 0.330 e. The predicted molar refractivity (Wildman–Crippen MR) is 79.3 cm³/mol. The number of hydrogen-bond acceptors (Lipinski definition) is 2. The minimum atomic E-state index is -1.01. The van der Waals surface area contributed by atoms with E-state index in [4.69, 9.17) is 0 Å². The first-order valence-electron chi connectivity index (χ1n) is 5.98. The van der Waals surface area contributed by atoms with E-state index < -0.39 is 12.0 Å². The smallest absolute Gasteiger partial charge is 0.330 e. The van der Waals surface area contributed by atoms with Crippen LogP contribution in [0.3, 0.4) is 0 Å². The summed E-state index contributed by atoms with van der Waals surface area (Å²) >= 11 is 3.33. The molecule has 0 saturated carbocycles. The second kappa shape index (κ2) is 6.05. The number of hydrogen-bond donors (Lipinski definition) is 2. The van der Waals surface area contributed by atoms with Crippen molar-refractivity contribution in [2.24, 2.45) is 0 Å². The van der Waals surface area contributed by atoms with Gasteiger partial charge in [0.15, 0.2) is 6.04 Å². The number of benzene rings is 2. The Bertz CT molecular complexity index is 646. The lowest BCUT2D eigenvalue weighted by Crippen LogP contribution is -2.21. The Labute approximate surface area is 124 Å². The molecule has 5 heteroatoms. The van der Waals surface area contributed by atoms with E-state index in [2.05, 4.69) is 21.2 Å². The third-order valence-electron chi connectivity index (χ3n) is 2.93. The van der Waals surface area contributed by atoms with Gasteiger partial charge < -0.3 is 10.4 Å². The van der Waals surface area contributed by atoms with Crippen molar-refractivity contribution >= 4 is 27.6 Å². The number of nitrogens with one attached hydrogen (secondary N) is 1. The van der Waals surface area contributed by atoms with Gasteiger partial charge >= 0.3 is 5.97 Å². The van der Waals surface area contributed by atoms with Gasteiger partial charge in [0.05, 0.1) is 0 Å². The standard InChI is InChI=1S/C15H13BrFNO2/c1-9-7-11(17)5-6-13(9)14(15(19)20)18-12-4-2-3-10(16)8-12/h2-8,14,18H,1H3,(H,19,20). The molecule has 0 radical (unpaired) electrons. The molecule has 0 heterocycles. The summed E-state index contributed by atoms with van der Waals surface area (Å²) in [5.74, 6) is -1.39. The van der Waals surface area contributed by atoms with Crippen LogP contribution in [0.1, 0.15) is 17.2 Å². The number of carbonyl (C=O) groups is 1. The van der Waals surface area contributed by atoms with Crippen LogP contribution in [0.25, 0.3) is 0 Å². The summed E-state index contributed by atoms with van der Waals surface area (Å²) in [6.07, 6.45) is 0. The van der Waals surface area contributed by atoms with Gasteiger partial charge in [0.2, 0.25) is 0 Å². The SMILES string of the molecule is Cc1cc(F)ccc1C(Nc1cccc(Br)c1)C(=O)O. The van der Waals surface area contributed by atoms with E-state index in [1.54, 1.807) is 19.1 Å². The van der Waals surface area contributed by atoms with Crippen LogP contribution in [0, 0.1) is 12.7 Å². The number of aryl methyl sites for hydroxylation is 1. The van der Waals surface area contributed by atoms with Gasteiger partial charge in [-0.05, 0) is 48.4 Å². The zero-order chi connectivity index (χ0) is 14.7. The minimum Gasteiger partial charge on any atom is -0.479 e. The Morgan fingerprint density at radius 1 is 1.30 bits per heavy atom. The van der Waals surface area contributed by atoms with Gasteiger partial charge in [-0.25, -0.2) is 9.18 Å². The number of halogens is 2. The number of aliphatic carboxylic acids is 1.